The Labute approximate surface area is 84.9 Å². The average molecular weight is 221 g/mol. The fourth-order valence-electron chi connectivity index (χ4n) is 1.17. The number of rotatable bonds is 3. The van der Waals surface area contributed by atoms with Gasteiger partial charge in [-0.05, 0) is 24.6 Å². The standard InChI is InChI=1S/C10H11F4N/c1-9(12,10(13,14)6-15)7-2-4-8(11)5-3-7/h2-5H,6,15H2,1H3. The molecule has 1 aromatic carbocycles. The summed E-state index contributed by atoms with van der Waals surface area (Å²) in [5.74, 6) is -4.28. The van der Waals surface area contributed by atoms with Crippen LogP contribution < -0.4 is 5.73 Å². The van der Waals surface area contributed by atoms with E-state index < -0.39 is 24.0 Å². The molecule has 2 N–H and O–H groups in total. The fraction of sp³-hybridized carbons (Fsp3) is 0.400. The topological polar surface area (TPSA) is 26.0 Å². The van der Waals surface area contributed by atoms with Crippen LogP contribution in [0.4, 0.5) is 17.6 Å². The predicted octanol–water partition coefficient (Wildman–Crippen LogP) is 2.60. The lowest BCUT2D eigenvalue weighted by molar-refractivity contribution is -0.126. The lowest BCUT2D eigenvalue weighted by atomic mass is 9.91. The van der Waals surface area contributed by atoms with Crippen molar-refractivity contribution < 1.29 is 17.6 Å². The molecule has 1 rings (SSSR count). The number of hydrogen-bond acceptors (Lipinski definition) is 1. The quantitative estimate of drug-likeness (QED) is 0.780. The van der Waals surface area contributed by atoms with Gasteiger partial charge in [-0.15, -0.1) is 0 Å². The lowest BCUT2D eigenvalue weighted by Crippen LogP contribution is -2.45. The first-order chi connectivity index (χ1) is 6.81. The van der Waals surface area contributed by atoms with Crippen LogP contribution in [0, 0.1) is 5.82 Å². The Hall–Kier alpha value is -1.10. The minimum absolute atomic E-state index is 0.292. The van der Waals surface area contributed by atoms with Gasteiger partial charge in [-0.25, -0.2) is 17.6 Å². The molecule has 0 amide bonds. The third kappa shape index (κ3) is 2.12. The Balaban J connectivity index is 3.10. The average Bonchev–Trinajstić information content (AvgIpc) is 2.18. The highest BCUT2D eigenvalue weighted by molar-refractivity contribution is 5.25. The van der Waals surface area contributed by atoms with Gasteiger partial charge in [0.05, 0.1) is 6.54 Å². The molecule has 15 heavy (non-hydrogen) atoms. The van der Waals surface area contributed by atoms with Crippen molar-refractivity contribution in [3.05, 3.63) is 35.6 Å². The van der Waals surface area contributed by atoms with E-state index in [2.05, 4.69) is 0 Å². The molecule has 0 saturated heterocycles. The first-order valence-corrected chi connectivity index (χ1v) is 4.34. The van der Waals surface area contributed by atoms with E-state index in [1.54, 1.807) is 0 Å². The smallest absolute Gasteiger partial charge is 0.297 e. The minimum atomic E-state index is -3.68. The van der Waals surface area contributed by atoms with Gasteiger partial charge >= 0.3 is 0 Å². The van der Waals surface area contributed by atoms with Gasteiger partial charge in [0.2, 0.25) is 0 Å². The van der Waals surface area contributed by atoms with Crippen molar-refractivity contribution in [2.75, 3.05) is 6.54 Å². The van der Waals surface area contributed by atoms with Crippen LogP contribution in [0.2, 0.25) is 0 Å². The molecule has 1 atom stereocenters. The second kappa shape index (κ2) is 3.81. The van der Waals surface area contributed by atoms with Crippen LogP contribution in [0.25, 0.3) is 0 Å². The van der Waals surface area contributed by atoms with Crippen LogP contribution >= 0.6 is 0 Å². The molecule has 1 aromatic rings. The maximum atomic E-state index is 13.8. The molecule has 0 saturated carbocycles. The van der Waals surface area contributed by atoms with E-state index in [0.717, 1.165) is 31.2 Å². The van der Waals surface area contributed by atoms with Gasteiger partial charge in [0.1, 0.15) is 5.82 Å². The molecular formula is C10H11F4N. The summed E-state index contributed by atoms with van der Waals surface area (Å²) in [7, 11) is 0. The van der Waals surface area contributed by atoms with Crippen molar-refractivity contribution in [1.29, 1.82) is 0 Å². The van der Waals surface area contributed by atoms with Crippen molar-refractivity contribution in [2.24, 2.45) is 5.73 Å². The highest BCUT2D eigenvalue weighted by Gasteiger charge is 2.51. The molecule has 0 aliphatic heterocycles. The molecule has 84 valence electrons. The van der Waals surface area contributed by atoms with Crippen LogP contribution in [-0.2, 0) is 5.67 Å². The zero-order valence-electron chi connectivity index (χ0n) is 8.11. The molecule has 0 radical (unpaired) electrons. The van der Waals surface area contributed by atoms with Crippen LogP contribution in [0.3, 0.4) is 0 Å². The Morgan fingerprint density at radius 2 is 1.60 bits per heavy atom. The largest absolute Gasteiger partial charge is 0.325 e. The summed E-state index contributed by atoms with van der Waals surface area (Å²) in [5.41, 5.74) is 1.61. The summed E-state index contributed by atoms with van der Waals surface area (Å²) in [6.07, 6.45) is 0. The van der Waals surface area contributed by atoms with E-state index in [0.29, 0.717) is 0 Å². The molecule has 0 fully saturated rings. The van der Waals surface area contributed by atoms with E-state index in [-0.39, 0.29) is 5.56 Å². The normalized spacial score (nSPS) is 16.1. The summed E-state index contributed by atoms with van der Waals surface area (Å²) in [5, 5.41) is 0. The zero-order valence-corrected chi connectivity index (χ0v) is 8.11. The molecule has 1 unspecified atom stereocenters. The van der Waals surface area contributed by atoms with Gasteiger partial charge in [-0.1, -0.05) is 12.1 Å². The molecular weight excluding hydrogens is 210 g/mol. The zero-order chi connectivity index (χ0) is 11.7. The van der Waals surface area contributed by atoms with E-state index in [1.165, 1.54) is 0 Å². The van der Waals surface area contributed by atoms with Crippen molar-refractivity contribution in [3.8, 4) is 0 Å². The molecule has 0 spiro atoms. The number of halogens is 4. The Bertz CT molecular complexity index is 332. The van der Waals surface area contributed by atoms with E-state index in [1.807, 2.05) is 0 Å². The number of benzene rings is 1. The van der Waals surface area contributed by atoms with E-state index in [4.69, 9.17) is 5.73 Å². The summed E-state index contributed by atoms with van der Waals surface area (Å²) in [4.78, 5) is 0. The van der Waals surface area contributed by atoms with Gasteiger partial charge < -0.3 is 5.73 Å². The second-order valence-corrected chi connectivity index (χ2v) is 3.42. The van der Waals surface area contributed by atoms with Crippen molar-refractivity contribution in [1.82, 2.24) is 0 Å². The van der Waals surface area contributed by atoms with Crippen LogP contribution in [0.1, 0.15) is 12.5 Å². The van der Waals surface area contributed by atoms with E-state index in [9.17, 15) is 17.6 Å². The highest BCUT2D eigenvalue weighted by Crippen LogP contribution is 2.40. The molecule has 1 nitrogen and oxygen atoms in total. The molecule has 0 aliphatic rings. The maximum Gasteiger partial charge on any atom is 0.297 e. The number of nitrogens with two attached hydrogens (primary N) is 1. The van der Waals surface area contributed by atoms with Crippen molar-refractivity contribution in [3.63, 3.8) is 0 Å². The summed E-state index contributed by atoms with van der Waals surface area (Å²) >= 11 is 0. The van der Waals surface area contributed by atoms with Gasteiger partial charge in [0, 0.05) is 0 Å². The third-order valence-electron chi connectivity index (χ3n) is 2.33. The summed E-state index contributed by atoms with van der Waals surface area (Å²) in [6, 6.07) is 3.83. The lowest BCUT2D eigenvalue weighted by Gasteiger charge is -2.29. The molecule has 0 bridgehead atoms. The first kappa shape index (κ1) is 12.0. The van der Waals surface area contributed by atoms with Gasteiger partial charge in [-0.2, -0.15) is 0 Å². The summed E-state index contributed by atoms with van der Waals surface area (Å²) < 4.78 is 52.5. The van der Waals surface area contributed by atoms with Gasteiger partial charge in [0.25, 0.3) is 5.92 Å². The Morgan fingerprint density at radius 1 is 1.13 bits per heavy atom. The van der Waals surface area contributed by atoms with Crippen molar-refractivity contribution in [2.45, 2.75) is 18.5 Å². The van der Waals surface area contributed by atoms with Crippen molar-refractivity contribution >= 4 is 0 Å². The van der Waals surface area contributed by atoms with Gasteiger partial charge in [0.15, 0.2) is 5.67 Å². The summed E-state index contributed by atoms with van der Waals surface area (Å²) in [6.45, 7) is -0.371. The monoisotopic (exact) mass is 221 g/mol. The first-order valence-electron chi connectivity index (χ1n) is 4.34. The number of hydrogen-bond donors (Lipinski definition) is 1. The number of alkyl halides is 3. The third-order valence-corrected chi connectivity index (χ3v) is 2.33. The Kier molecular flexibility index (Phi) is 3.04. The van der Waals surface area contributed by atoms with Crippen LogP contribution in [-0.4, -0.2) is 12.5 Å². The maximum absolute atomic E-state index is 13.8. The highest BCUT2D eigenvalue weighted by atomic mass is 19.3. The molecule has 0 aliphatic carbocycles. The fourth-order valence-corrected chi connectivity index (χ4v) is 1.17. The van der Waals surface area contributed by atoms with Crippen LogP contribution in [0.5, 0.6) is 0 Å². The predicted molar refractivity (Wildman–Crippen MR) is 48.9 cm³/mol. The SMILES string of the molecule is CC(F)(c1ccc(F)cc1)C(F)(F)CN. The second-order valence-electron chi connectivity index (χ2n) is 3.42. The van der Waals surface area contributed by atoms with Gasteiger partial charge in [-0.3, -0.25) is 0 Å². The molecule has 5 heteroatoms. The minimum Gasteiger partial charge on any atom is -0.325 e. The molecule has 0 heterocycles. The van der Waals surface area contributed by atoms with Crippen LogP contribution in [0.15, 0.2) is 24.3 Å². The molecule has 0 aromatic heterocycles. The Morgan fingerprint density at radius 3 is 2.00 bits per heavy atom. The van der Waals surface area contributed by atoms with E-state index >= 15 is 0 Å².